The first kappa shape index (κ1) is 11.5. The molecule has 3 N–H and O–H groups in total. The Morgan fingerprint density at radius 2 is 2.06 bits per heavy atom. The summed E-state index contributed by atoms with van der Waals surface area (Å²) in [6.45, 7) is 0. The molecule has 2 atom stereocenters. The van der Waals surface area contributed by atoms with Gasteiger partial charge in [0.2, 0.25) is 5.91 Å². The molecular formula is C11H15N3O3. The van der Waals surface area contributed by atoms with Crippen molar-refractivity contribution in [2.24, 2.45) is 12.8 Å². The monoisotopic (exact) mass is 237 g/mol. The summed E-state index contributed by atoms with van der Waals surface area (Å²) < 4.78 is 1.81. The first-order chi connectivity index (χ1) is 8.00. The number of carbonyl (C=O) groups is 2. The number of primary amides is 1. The predicted molar refractivity (Wildman–Crippen MR) is 61.5 cm³/mol. The molecule has 0 unspecified atom stereocenters. The largest absolute Gasteiger partial charge is 0.480 e. The number of anilines is 1. The average Bonchev–Trinajstić information content (AvgIpc) is 2.81. The fourth-order valence-electron chi connectivity index (χ4n) is 2.33. The lowest BCUT2D eigenvalue weighted by atomic mass is 10.2. The van der Waals surface area contributed by atoms with Crippen LogP contribution in [-0.4, -0.2) is 33.6 Å². The highest BCUT2D eigenvalue weighted by atomic mass is 16.4. The van der Waals surface area contributed by atoms with Crippen LogP contribution >= 0.6 is 0 Å². The van der Waals surface area contributed by atoms with Crippen molar-refractivity contribution in [2.45, 2.75) is 24.9 Å². The standard InChI is InChI=1S/C11H15N3O3/c1-13-5-4-7(6-13)14-8(10(12)15)2-3-9(14)11(16)17/h4-6,8-9H,2-3H2,1H3,(H2,12,15)(H,16,17)/t8-,9+/m1/s1. The van der Waals surface area contributed by atoms with E-state index in [9.17, 15) is 9.59 Å². The lowest BCUT2D eigenvalue weighted by molar-refractivity contribution is -0.138. The number of aryl methyl sites for hydroxylation is 1. The molecule has 1 saturated heterocycles. The van der Waals surface area contributed by atoms with E-state index in [-0.39, 0.29) is 0 Å². The number of hydrogen-bond acceptors (Lipinski definition) is 3. The molecule has 0 spiro atoms. The van der Waals surface area contributed by atoms with Gasteiger partial charge in [0.05, 0.1) is 5.69 Å². The molecule has 6 nitrogen and oxygen atoms in total. The normalized spacial score (nSPS) is 23.9. The van der Waals surface area contributed by atoms with Gasteiger partial charge in [0.1, 0.15) is 12.1 Å². The number of aromatic nitrogens is 1. The third kappa shape index (κ3) is 1.98. The lowest BCUT2D eigenvalue weighted by Gasteiger charge is -2.27. The summed E-state index contributed by atoms with van der Waals surface area (Å²) in [6.07, 6.45) is 4.53. The van der Waals surface area contributed by atoms with Crippen LogP contribution < -0.4 is 10.6 Å². The number of aliphatic carboxylic acids is 1. The molecule has 1 aromatic heterocycles. The second-order valence-electron chi connectivity index (χ2n) is 4.29. The van der Waals surface area contributed by atoms with Gasteiger partial charge in [-0.05, 0) is 18.9 Å². The Bertz CT molecular complexity index is 433. The van der Waals surface area contributed by atoms with E-state index in [1.54, 1.807) is 17.2 Å². The van der Waals surface area contributed by atoms with Crippen molar-refractivity contribution >= 4 is 17.6 Å². The van der Waals surface area contributed by atoms with Gasteiger partial charge in [-0.15, -0.1) is 0 Å². The summed E-state index contributed by atoms with van der Waals surface area (Å²) in [5.74, 6) is -1.39. The predicted octanol–water partition coefficient (Wildman–Crippen LogP) is -0.0676. The zero-order valence-electron chi connectivity index (χ0n) is 9.54. The summed E-state index contributed by atoms with van der Waals surface area (Å²) in [5, 5.41) is 9.15. The van der Waals surface area contributed by atoms with Crippen LogP contribution in [-0.2, 0) is 16.6 Å². The number of amides is 1. The topological polar surface area (TPSA) is 88.6 Å². The van der Waals surface area contributed by atoms with Crippen LogP contribution in [0.3, 0.4) is 0 Å². The molecule has 0 bridgehead atoms. The highest BCUT2D eigenvalue weighted by molar-refractivity contribution is 5.89. The third-order valence-corrected chi connectivity index (χ3v) is 3.11. The van der Waals surface area contributed by atoms with Crippen LogP contribution in [0.2, 0.25) is 0 Å². The molecule has 2 heterocycles. The maximum absolute atomic E-state index is 11.3. The molecule has 92 valence electrons. The van der Waals surface area contributed by atoms with Gasteiger partial charge in [0.15, 0.2) is 0 Å². The Morgan fingerprint density at radius 1 is 1.41 bits per heavy atom. The van der Waals surface area contributed by atoms with Gasteiger partial charge in [0, 0.05) is 19.4 Å². The minimum absolute atomic E-state index is 0.442. The van der Waals surface area contributed by atoms with E-state index < -0.39 is 24.0 Å². The van der Waals surface area contributed by atoms with Crippen LogP contribution in [0, 0.1) is 0 Å². The molecule has 1 aromatic rings. The minimum atomic E-state index is -0.919. The summed E-state index contributed by atoms with van der Waals surface area (Å²) >= 11 is 0. The Hall–Kier alpha value is -1.98. The van der Waals surface area contributed by atoms with Gasteiger partial charge in [-0.2, -0.15) is 0 Å². The molecule has 0 aromatic carbocycles. The second-order valence-corrected chi connectivity index (χ2v) is 4.29. The van der Waals surface area contributed by atoms with E-state index in [0.717, 1.165) is 5.69 Å². The minimum Gasteiger partial charge on any atom is -0.480 e. The highest BCUT2D eigenvalue weighted by Gasteiger charge is 2.40. The Balaban J connectivity index is 2.35. The fraction of sp³-hybridized carbons (Fsp3) is 0.455. The first-order valence-corrected chi connectivity index (χ1v) is 5.43. The summed E-state index contributed by atoms with van der Waals surface area (Å²) in [7, 11) is 1.84. The molecule has 0 radical (unpaired) electrons. The van der Waals surface area contributed by atoms with E-state index in [1.165, 1.54) is 0 Å². The summed E-state index contributed by atoms with van der Waals surface area (Å²) in [6, 6.07) is 0.588. The Morgan fingerprint density at radius 3 is 2.53 bits per heavy atom. The molecule has 1 aliphatic rings. The number of carboxylic acids is 1. The van der Waals surface area contributed by atoms with Crippen molar-refractivity contribution < 1.29 is 14.7 Å². The Labute approximate surface area is 98.6 Å². The first-order valence-electron chi connectivity index (χ1n) is 5.43. The zero-order chi connectivity index (χ0) is 12.6. The number of nitrogens with two attached hydrogens (primary N) is 1. The van der Waals surface area contributed by atoms with Gasteiger partial charge in [-0.1, -0.05) is 0 Å². The van der Waals surface area contributed by atoms with Gasteiger partial charge in [-0.25, -0.2) is 4.79 Å². The number of carboxylic acid groups (broad SMARTS) is 1. The number of carbonyl (C=O) groups excluding carboxylic acids is 1. The molecule has 1 amide bonds. The smallest absolute Gasteiger partial charge is 0.326 e. The van der Waals surface area contributed by atoms with Gasteiger partial charge >= 0.3 is 5.97 Å². The molecule has 1 fully saturated rings. The Kier molecular flexibility index (Phi) is 2.79. The van der Waals surface area contributed by atoms with E-state index in [0.29, 0.717) is 12.8 Å². The highest BCUT2D eigenvalue weighted by Crippen LogP contribution is 2.30. The van der Waals surface area contributed by atoms with E-state index in [1.807, 2.05) is 17.8 Å². The van der Waals surface area contributed by atoms with Crippen molar-refractivity contribution in [1.29, 1.82) is 0 Å². The van der Waals surface area contributed by atoms with E-state index in [2.05, 4.69) is 0 Å². The van der Waals surface area contributed by atoms with Crippen LogP contribution in [0.4, 0.5) is 5.69 Å². The number of nitrogens with zero attached hydrogens (tertiary/aromatic N) is 2. The summed E-state index contributed by atoms with van der Waals surface area (Å²) in [5.41, 5.74) is 6.04. The van der Waals surface area contributed by atoms with Crippen molar-refractivity contribution in [2.75, 3.05) is 4.90 Å². The average molecular weight is 237 g/mol. The number of hydrogen-bond donors (Lipinski definition) is 2. The molecule has 0 aliphatic carbocycles. The molecule has 0 saturated carbocycles. The van der Waals surface area contributed by atoms with Crippen LogP contribution in [0.25, 0.3) is 0 Å². The third-order valence-electron chi connectivity index (χ3n) is 3.11. The fourth-order valence-corrected chi connectivity index (χ4v) is 2.33. The van der Waals surface area contributed by atoms with Crippen molar-refractivity contribution in [3.63, 3.8) is 0 Å². The maximum atomic E-state index is 11.3. The van der Waals surface area contributed by atoms with Gasteiger partial charge in [0.25, 0.3) is 0 Å². The van der Waals surface area contributed by atoms with Crippen molar-refractivity contribution in [1.82, 2.24) is 4.57 Å². The molecular weight excluding hydrogens is 222 g/mol. The van der Waals surface area contributed by atoms with Crippen LogP contribution in [0.15, 0.2) is 18.5 Å². The van der Waals surface area contributed by atoms with Crippen LogP contribution in [0.5, 0.6) is 0 Å². The van der Waals surface area contributed by atoms with Gasteiger partial charge in [-0.3, -0.25) is 4.79 Å². The van der Waals surface area contributed by atoms with E-state index >= 15 is 0 Å². The second kappa shape index (κ2) is 4.12. The lowest BCUT2D eigenvalue weighted by Crippen LogP contribution is -2.46. The number of rotatable bonds is 3. The molecule has 6 heteroatoms. The van der Waals surface area contributed by atoms with E-state index in [4.69, 9.17) is 10.8 Å². The van der Waals surface area contributed by atoms with Gasteiger partial charge < -0.3 is 20.3 Å². The van der Waals surface area contributed by atoms with Crippen molar-refractivity contribution in [3.8, 4) is 0 Å². The maximum Gasteiger partial charge on any atom is 0.326 e. The quantitative estimate of drug-likeness (QED) is 0.770. The molecule has 2 rings (SSSR count). The zero-order valence-corrected chi connectivity index (χ0v) is 9.54. The van der Waals surface area contributed by atoms with Crippen molar-refractivity contribution in [3.05, 3.63) is 18.5 Å². The SMILES string of the molecule is Cn1ccc(N2[C@@H](C(N)=O)CC[C@H]2C(=O)O)c1. The summed E-state index contributed by atoms with van der Waals surface area (Å²) in [4.78, 5) is 24.1. The van der Waals surface area contributed by atoms with Crippen LogP contribution in [0.1, 0.15) is 12.8 Å². The molecule has 1 aliphatic heterocycles. The molecule has 17 heavy (non-hydrogen) atoms.